The highest BCUT2D eigenvalue weighted by Crippen LogP contribution is 2.21. The topological polar surface area (TPSA) is 44.4 Å². The maximum Gasteiger partial charge on any atom is 0.319 e. The maximum atomic E-state index is 13.0. The summed E-state index contributed by atoms with van der Waals surface area (Å²) in [6, 6.07) is 16.2. The molecule has 1 heterocycles. The summed E-state index contributed by atoms with van der Waals surface area (Å²) in [6.07, 6.45) is 4.37. The first-order chi connectivity index (χ1) is 13.2. The number of rotatable bonds is 7. The predicted octanol–water partition coefficient (Wildman–Crippen LogP) is 4.29. The van der Waals surface area contributed by atoms with E-state index < -0.39 is 0 Å². The summed E-state index contributed by atoms with van der Waals surface area (Å²) in [6.45, 7) is 3.85. The zero-order valence-corrected chi connectivity index (χ0v) is 15.7. The van der Waals surface area contributed by atoms with Gasteiger partial charge in [-0.05, 0) is 74.5 Å². The third-order valence-corrected chi connectivity index (χ3v) is 5.01. The summed E-state index contributed by atoms with van der Waals surface area (Å²) in [5.74, 6) is 0.450. The van der Waals surface area contributed by atoms with E-state index in [2.05, 4.69) is 15.5 Å². The van der Waals surface area contributed by atoms with Crippen LogP contribution in [0.2, 0.25) is 0 Å². The molecule has 3 rings (SSSR count). The van der Waals surface area contributed by atoms with Crippen LogP contribution in [0.25, 0.3) is 0 Å². The molecule has 2 aromatic carbocycles. The van der Waals surface area contributed by atoms with E-state index in [1.165, 1.54) is 18.4 Å². The van der Waals surface area contributed by atoms with Gasteiger partial charge in [-0.15, -0.1) is 0 Å². The standard InChI is InChI=1S/C22H28FN3O/c23-20-11-9-18(10-12-20)16-19-6-4-14-26(17-19)15-5-13-24-22(27)25-21-7-2-1-3-8-21/h1-3,7-12,19H,4-6,13-17H2,(H2,24,25,27). The van der Waals surface area contributed by atoms with E-state index in [4.69, 9.17) is 0 Å². The summed E-state index contributed by atoms with van der Waals surface area (Å²) in [7, 11) is 0. The minimum absolute atomic E-state index is 0.158. The van der Waals surface area contributed by atoms with E-state index in [0.717, 1.165) is 38.2 Å². The number of urea groups is 1. The van der Waals surface area contributed by atoms with E-state index in [9.17, 15) is 9.18 Å². The highest BCUT2D eigenvalue weighted by atomic mass is 19.1. The van der Waals surface area contributed by atoms with Crippen molar-refractivity contribution in [2.24, 2.45) is 5.92 Å². The average Bonchev–Trinajstić information content (AvgIpc) is 2.68. The number of carbonyl (C=O) groups excluding carboxylic acids is 1. The third kappa shape index (κ3) is 6.68. The van der Waals surface area contributed by atoms with E-state index in [-0.39, 0.29) is 11.8 Å². The molecule has 2 amide bonds. The van der Waals surface area contributed by atoms with Gasteiger partial charge >= 0.3 is 6.03 Å². The number of hydrogen-bond donors (Lipinski definition) is 2. The Morgan fingerprint density at radius 3 is 2.67 bits per heavy atom. The summed E-state index contributed by atoms with van der Waals surface area (Å²) >= 11 is 0. The molecule has 1 fully saturated rings. The molecule has 1 atom stereocenters. The SMILES string of the molecule is O=C(NCCCN1CCCC(Cc2ccc(F)cc2)C1)Nc1ccccc1. The Morgan fingerprint density at radius 1 is 1.11 bits per heavy atom. The zero-order chi connectivity index (χ0) is 18.9. The quantitative estimate of drug-likeness (QED) is 0.715. The van der Waals surface area contributed by atoms with Crippen molar-refractivity contribution in [2.75, 3.05) is 31.5 Å². The van der Waals surface area contributed by atoms with Crippen molar-refractivity contribution in [3.63, 3.8) is 0 Å². The lowest BCUT2D eigenvalue weighted by molar-refractivity contribution is 0.172. The number of amides is 2. The van der Waals surface area contributed by atoms with Gasteiger partial charge in [0.2, 0.25) is 0 Å². The van der Waals surface area contributed by atoms with Gasteiger partial charge in [0.15, 0.2) is 0 Å². The number of carbonyl (C=O) groups is 1. The average molecular weight is 369 g/mol. The number of nitrogens with one attached hydrogen (secondary N) is 2. The van der Waals surface area contributed by atoms with Crippen molar-refractivity contribution in [2.45, 2.75) is 25.7 Å². The largest absolute Gasteiger partial charge is 0.338 e. The van der Waals surface area contributed by atoms with Crippen molar-refractivity contribution < 1.29 is 9.18 Å². The molecule has 1 aliphatic rings. The van der Waals surface area contributed by atoms with Gasteiger partial charge in [0, 0.05) is 18.8 Å². The van der Waals surface area contributed by atoms with E-state index in [1.54, 1.807) is 12.1 Å². The second-order valence-corrected chi connectivity index (χ2v) is 7.24. The summed E-state index contributed by atoms with van der Waals surface area (Å²) in [5.41, 5.74) is 2.01. The van der Waals surface area contributed by atoms with Gasteiger partial charge in [-0.1, -0.05) is 30.3 Å². The number of likely N-dealkylation sites (tertiary alicyclic amines) is 1. The molecule has 1 saturated heterocycles. The molecule has 1 unspecified atom stereocenters. The second-order valence-electron chi connectivity index (χ2n) is 7.24. The molecule has 5 heteroatoms. The molecule has 2 aromatic rings. The van der Waals surface area contributed by atoms with Crippen LogP contribution in [0.5, 0.6) is 0 Å². The molecule has 0 aromatic heterocycles. The number of benzene rings is 2. The van der Waals surface area contributed by atoms with Gasteiger partial charge in [0.25, 0.3) is 0 Å². The summed E-state index contributed by atoms with van der Waals surface area (Å²) < 4.78 is 13.0. The minimum Gasteiger partial charge on any atom is -0.338 e. The van der Waals surface area contributed by atoms with Gasteiger partial charge in [-0.3, -0.25) is 0 Å². The lowest BCUT2D eigenvalue weighted by Gasteiger charge is -2.32. The molecular weight excluding hydrogens is 341 g/mol. The van der Waals surface area contributed by atoms with Crippen molar-refractivity contribution in [3.05, 3.63) is 66.0 Å². The molecule has 2 N–H and O–H groups in total. The Kier molecular flexibility index (Phi) is 7.22. The number of piperidine rings is 1. The Morgan fingerprint density at radius 2 is 1.89 bits per heavy atom. The fraction of sp³-hybridized carbons (Fsp3) is 0.409. The first-order valence-electron chi connectivity index (χ1n) is 9.76. The summed E-state index contributed by atoms with van der Waals surface area (Å²) in [4.78, 5) is 14.4. The van der Waals surface area contributed by atoms with Crippen LogP contribution in [0.15, 0.2) is 54.6 Å². The Balaban J connectivity index is 1.33. The second kappa shape index (κ2) is 10.1. The van der Waals surface area contributed by atoms with E-state index >= 15 is 0 Å². The molecule has 0 aliphatic carbocycles. The third-order valence-electron chi connectivity index (χ3n) is 5.01. The molecule has 0 spiro atoms. The Bertz CT molecular complexity index is 705. The number of anilines is 1. The van der Waals surface area contributed by atoms with E-state index in [0.29, 0.717) is 12.5 Å². The Labute approximate surface area is 160 Å². The van der Waals surface area contributed by atoms with Gasteiger partial charge in [-0.2, -0.15) is 0 Å². The lowest BCUT2D eigenvalue weighted by Crippen LogP contribution is -2.38. The van der Waals surface area contributed by atoms with Gasteiger partial charge in [0.1, 0.15) is 5.82 Å². The fourth-order valence-corrected chi connectivity index (χ4v) is 3.68. The number of nitrogens with zero attached hydrogens (tertiary/aromatic N) is 1. The lowest BCUT2D eigenvalue weighted by atomic mass is 9.91. The van der Waals surface area contributed by atoms with Gasteiger partial charge < -0.3 is 15.5 Å². The molecule has 0 saturated carbocycles. The van der Waals surface area contributed by atoms with Gasteiger partial charge in [0.05, 0.1) is 0 Å². The molecular formula is C22H28FN3O. The van der Waals surface area contributed by atoms with Crippen LogP contribution in [0.3, 0.4) is 0 Å². The fourth-order valence-electron chi connectivity index (χ4n) is 3.68. The van der Waals surface area contributed by atoms with Crippen molar-refractivity contribution in [3.8, 4) is 0 Å². The molecule has 144 valence electrons. The normalized spacial score (nSPS) is 17.4. The zero-order valence-electron chi connectivity index (χ0n) is 15.7. The van der Waals surface area contributed by atoms with Crippen LogP contribution in [-0.4, -0.2) is 37.1 Å². The molecule has 4 nitrogen and oxygen atoms in total. The number of halogens is 1. The van der Waals surface area contributed by atoms with Crippen LogP contribution in [-0.2, 0) is 6.42 Å². The van der Waals surface area contributed by atoms with E-state index in [1.807, 2.05) is 42.5 Å². The van der Waals surface area contributed by atoms with Crippen molar-refractivity contribution in [1.82, 2.24) is 10.2 Å². The molecule has 1 aliphatic heterocycles. The van der Waals surface area contributed by atoms with Crippen molar-refractivity contribution >= 4 is 11.7 Å². The smallest absolute Gasteiger partial charge is 0.319 e. The minimum atomic E-state index is -0.173. The highest BCUT2D eigenvalue weighted by molar-refractivity contribution is 5.89. The first kappa shape index (κ1) is 19.4. The van der Waals surface area contributed by atoms with Crippen LogP contribution in [0.1, 0.15) is 24.8 Å². The van der Waals surface area contributed by atoms with Crippen LogP contribution >= 0.6 is 0 Å². The van der Waals surface area contributed by atoms with Crippen LogP contribution in [0.4, 0.5) is 14.9 Å². The molecule has 0 bridgehead atoms. The Hall–Kier alpha value is -2.40. The van der Waals surface area contributed by atoms with Crippen molar-refractivity contribution in [1.29, 1.82) is 0 Å². The molecule has 0 radical (unpaired) electrons. The van der Waals surface area contributed by atoms with Crippen LogP contribution in [0, 0.1) is 11.7 Å². The number of hydrogen-bond acceptors (Lipinski definition) is 2. The first-order valence-corrected chi connectivity index (χ1v) is 9.76. The monoisotopic (exact) mass is 369 g/mol. The number of para-hydroxylation sites is 1. The summed E-state index contributed by atoms with van der Waals surface area (Å²) in [5, 5.41) is 5.74. The van der Waals surface area contributed by atoms with Gasteiger partial charge in [-0.25, -0.2) is 9.18 Å². The maximum absolute atomic E-state index is 13.0. The van der Waals surface area contributed by atoms with Crippen LogP contribution < -0.4 is 10.6 Å². The predicted molar refractivity (Wildman–Crippen MR) is 107 cm³/mol. The highest BCUT2D eigenvalue weighted by Gasteiger charge is 2.19. The molecule has 27 heavy (non-hydrogen) atoms.